The lowest BCUT2D eigenvalue weighted by molar-refractivity contribution is 0.629. The molecule has 0 spiro atoms. The average Bonchev–Trinajstić information content (AvgIpc) is 2.83. The van der Waals surface area contributed by atoms with Crippen molar-refractivity contribution in [2.24, 2.45) is 5.73 Å². The Bertz CT molecular complexity index is 1140. The molecule has 1 aromatic heterocycles. The molecule has 0 unspecified atom stereocenters. The minimum Gasteiger partial charge on any atom is -0.369 e. The van der Waals surface area contributed by atoms with Gasteiger partial charge in [-0.1, -0.05) is 85.5 Å². The third kappa shape index (κ3) is 5.64. The second-order valence-electron chi connectivity index (χ2n) is 7.98. The van der Waals surface area contributed by atoms with Gasteiger partial charge in [-0.2, -0.15) is 0 Å². The second kappa shape index (κ2) is 11.1. The van der Waals surface area contributed by atoms with Crippen molar-refractivity contribution in [1.29, 1.82) is 0 Å². The maximum absolute atomic E-state index is 6.26. The van der Waals surface area contributed by atoms with Gasteiger partial charge in [-0.05, 0) is 48.7 Å². The number of nitrogens with one attached hydrogen (secondary N) is 1. The number of nitrogens with zero attached hydrogens (tertiary/aromatic N) is 2. The maximum atomic E-state index is 6.26. The smallest absolute Gasteiger partial charge is 0.162 e. The van der Waals surface area contributed by atoms with E-state index in [1.807, 2.05) is 24.3 Å². The molecule has 0 aliphatic rings. The van der Waals surface area contributed by atoms with Crippen LogP contribution in [0.5, 0.6) is 0 Å². The molecule has 3 N–H and O–H groups in total. The first kappa shape index (κ1) is 22.3. The molecule has 0 aliphatic carbocycles. The number of halogens is 1. The van der Waals surface area contributed by atoms with Crippen molar-refractivity contribution in [2.45, 2.75) is 32.1 Å². The zero-order valence-corrected chi connectivity index (χ0v) is 19.0. The van der Waals surface area contributed by atoms with E-state index in [1.54, 1.807) is 0 Å². The summed E-state index contributed by atoms with van der Waals surface area (Å²) in [5.41, 5.74) is 9.77. The molecular weight excluding hydrogens is 416 g/mol. The molecule has 0 bridgehead atoms. The van der Waals surface area contributed by atoms with E-state index in [0.717, 1.165) is 48.2 Å². The fraction of sp³-hybridized carbons (Fsp3) is 0.259. The van der Waals surface area contributed by atoms with E-state index in [1.165, 1.54) is 30.4 Å². The lowest BCUT2D eigenvalue weighted by Crippen LogP contribution is -2.06. The summed E-state index contributed by atoms with van der Waals surface area (Å²) >= 11 is 6.26. The number of fused-ring (bicyclic) bond motifs is 1. The van der Waals surface area contributed by atoms with Crippen molar-refractivity contribution in [3.8, 4) is 22.5 Å². The predicted molar refractivity (Wildman–Crippen MR) is 136 cm³/mol. The maximum Gasteiger partial charge on any atom is 0.162 e. The third-order valence-corrected chi connectivity index (χ3v) is 5.82. The van der Waals surface area contributed by atoms with Gasteiger partial charge in [0.05, 0.1) is 5.52 Å². The lowest BCUT2D eigenvalue weighted by Gasteiger charge is -2.12. The zero-order valence-electron chi connectivity index (χ0n) is 18.2. The van der Waals surface area contributed by atoms with E-state index < -0.39 is 0 Å². The predicted octanol–water partition coefficient (Wildman–Crippen LogP) is 6.94. The van der Waals surface area contributed by atoms with Crippen molar-refractivity contribution in [3.05, 3.63) is 77.8 Å². The minimum absolute atomic E-state index is 0.674. The molecule has 0 saturated heterocycles. The van der Waals surface area contributed by atoms with Crippen LogP contribution in [0.3, 0.4) is 0 Å². The summed E-state index contributed by atoms with van der Waals surface area (Å²) in [7, 11) is 0. The first-order valence-corrected chi connectivity index (χ1v) is 11.7. The van der Waals surface area contributed by atoms with E-state index in [0.29, 0.717) is 10.8 Å². The van der Waals surface area contributed by atoms with Crippen LogP contribution in [-0.4, -0.2) is 23.1 Å². The zero-order chi connectivity index (χ0) is 22.2. The van der Waals surface area contributed by atoms with Crippen LogP contribution in [0.25, 0.3) is 33.4 Å². The SMILES string of the molecule is NCCCCCCCNc1nc(-c2ccc(-c3ccccc3)cc2)nc2cc(Cl)ccc12. The van der Waals surface area contributed by atoms with Crippen LogP contribution in [0.2, 0.25) is 5.02 Å². The Morgan fingerprint density at radius 3 is 2.19 bits per heavy atom. The number of rotatable bonds is 10. The van der Waals surface area contributed by atoms with Crippen LogP contribution in [0.15, 0.2) is 72.8 Å². The van der Waals surface area contributed by atoms with E-state index in [9.17, 15) is 0 Å². The van der Waals surface area contributed by atoms with Crippen LogP contribution in [0.1, 0.15) is 32.1 Å². The highest BCUT2D eigenvalue weighted by Crippen LogP contribution is 2.28. The highest BCUT2D eigenvalue weighted by atomic mass is 35.5. The molecule has 5 heteroatoms. The fourth-order valence-electron chi connectivity index (χ4n) is 3.82. The van der Waals surface area contributed by atoms with Crippen molar-refractivity contribution < 1.29 is 0 Å². The van der Waals surface area contributed by atoms with Crippen LogP contribution >= 0.6 is 11.6 Å². The molecule has 0 fully saturated rings. The molecule has 4 nitrogen and oxygen atoms in total. The van der Waals surface area contributed by atoms with E-state index in [4.69, 9.17) is 27.3 Å². The van der Waals surface area contributed by atoms with Gasteiger partial charge in [-0.25, -0.2) is 9.97 Å². The molecule has 0 radical (unpaired) electrons. The van der Waals surface area contributed by atoms with Crippen LogP contribution in [0, 0.1) is 0 Å². The third-order valence-electron chi connectivity index (χ3n) is 5.58. The molecule has 0 aliphatic heterocycles. The van der Waals surface area contributed by atoms with Gasteiger partial charge in [-0.3, -0.25) is 0 Å². The van der Waals surface area contributed by atoms with E-state index in [2.05, 4.69) is 53.8 Å². The summed E-state index contributed by atoms with van der Waals surface area (Å²) in [5.74, 6) is 1.56. The van der Waals surface area contributed by atoms with Crippen LogP contribution < -0.4 is 11.1 Å². The summed E-state index contributed by atoms with van der Waals surface area (Å²) in [6, 6.07) is 24.5. The van der Waals surface area contributed by atoms with Crippen molar-refractivity contribution in [2.75, 3.05) is 18.4 Å². The monoisotopic (exact) mass is 444 g/mol. The molecule has 0 saturated carbocycles. The fourth-order valence-corrected chi connectivity index (χ4v) is 3.98. The number of hydrogen-bond donors (Lipinski definition) is 2. The first-order chi connectivity index (χ1) is 15.7. The topological polar surface area (TPSA) is 63.8 Å². The second-order valence-corrected chi connectivity index (χ2v) is 8.42. The number of unbranched alkanes of at least 4 members (excludes halogenated alkanes) is 4. The summed E-state index contributed by atoms with van der Waals surface area (Å²) in [4.78, 5) is 9.67. The van der Waals surface area contributed by atoms with Gasteiger partial charge in [0.15, 0.2) is 5.82 Å². The Morgan fingerprint density at radius 2 is 1.41 bits per heavy atom. The summed E-state index contributed by atoms with van der Waals surface area (Å²) in [6.07, 6.45) is 5.82. The average molecular weight is 445 g/mol. The molecule has 32 heavy (non-hydrogen) atoms. The Hall–Kier alpha value is -2.95. The van der Waals surface area contributed by atoms with Crippen molar-refractivity contribution in [1.82, 2.24) is 9.97 Å². The standard InChI is InChI=1S/C27H29ClN4/c28-23-15-16-24-25(19-23)31-26(32-27(24)30-18-8-3-1-2-7-17-29)22-13-11-21(12-14-22)20-9-5-4-6-10-20/h4-6,9-16,19H,1-3,7-8,17-18,29H2,(H,30,31,32). The summed E-state index contributed by atoms with van der Waals surface area (Å²) in [6.45, 7) is 1.66. The number of benzene rings is 3. The Morgan fingerprint density at radius 1 is 0.719 bits per heavy atom. The van der Waals surface area contributed by atoms with E-state index in [-0.39, 0.29) is 0 Å². The minimum atomic E-state index is 0.674. The molecule has 1 heterocycles. The van der Waals surface area contributed by atoms with Crippen molar-refractivity contribution >= 4 is 28.3 Å². The molecule has 4 aromatic rings. The molecule has 0 atom stereocenters. The van der Waals surface area contributed by atoms with Crippen LogP contribution in [0.4, 0.5) is 5.82 Å². The van der Waals surface area contributed by atoms with Gasteiger partial charge in [0.2, 0.25) is 0 Å². The van der Waals surface area contributed by atoms with E-state index >= 15 is 0 Å². The van der Waals surface area contributed by atoms with Gasteiger partial charge in [0.1, 0.15) is 5.82 Å². The molecular formula is C27H29ClN4. The Labute approximate surface area is 194 Å². The largest absolute Gasteiger partial charge is 0.369 e. The van der Waals surface area contributed by atoms with Crippen molar-refractivity contribution in [3.63, 3.8) is 0 Å². The molecule has 4 rings (SSSR count). The number of nitrogens with two attached hydrogens (primary N) is 1. The van der Waals surface area contributed by atoms with Gasteiger partial charge in [0.25, 0.3) is 0 Å². The van der Waals surface area contributed by atoms with Gasteiger partial charge in [0, 0.05) is 22.5 Å². The van der Waals surface area contributed by atoms with Gasteiger partial charge >= 0.3 is 0 Å². The summed E-state index contributed by atoms with van der Waals surface area (Å²) < 4.78 is 0. The molecule has 3 aromatic carbocycles. The normalized spacial score (nSPS) is 11.1. The Kier molecular flexibility index (Phi) is 7.70. The van der Waals surface area contributed by atoms with Gasteiger partial charge in [-0.15, -0.1) is 0 Å². The number of aromatic nitrogens is 2. The van der Waals surface area contributed by atoms with Crippen LogP contribution in [-0.2, 0) is 0 Å². The molecule has 164 valence electrons. The highest BCUT2D eigenvalue weighted by molar-refractivity contribution is 6.31. The Balaban J connectivity index is 1.55. The number of hydrogen-bond acceptors (Lipinski definition) is 4. The highest BCUT2D eigenvalue weighted by Gasteiger charge is 2.10. The summed E-state index contributed by atoms with van der Waals surface area (Å²) in [5, 5.41) is 5.19. The number of anilines is 1. The molecule has 0 amide bonds. The quantitative estimate of drug-likeness (QED) is 0.260. The van der Waals surface area contributed by atoms with Gasteiger partial charge < -0.3 is 11.1 Å². The lowest BCUT2D eigenvalue weighted by atomic mass is 10.0. The first-order valence-electron chi connectivity index (χ1n) is 11.3.